The quantitative estimate of drug-likeness (QED) is 0.692. The highest BCUT2D eigenvalue weighted by Gasteiger charge is 2.27. The van der Waals surface area contributed by atoms with E-state index in [4.69, 9.17) is 5.26 Å². The van der Waals surface area contributed by atoms with E-state index in [1.165, 1.54) is 0 Å². The molecule has 0 aromatic carbocycles. The number of nitrogens with one attached hydrogen (secondary N) is 1. The molecular formula is C10H17F3N2O. The molecule has 0 rings (SSSR count). The second kappa shape index (κ2) is 6.71. The molecule has 0 aliphatic heterocycles. The molecule has 0 fully saturated rings. The second-order valence-corrected chi connectivity index (χ2v) is 3.82. The molecule has 94 valence electrons. The van der Waals surface area contributed by atoms with E-state index >= 15 is 0 Å². The lowest BCUT2D eigenvalue weighted by Gasteiger charge is -2.20. The first-order valence-corrected chi connectivity index (χ1v) is 5.08. The molecule has 1 atom stereocenters. The fraction of sp³-hybridized carbons (Fsp3) is 0.900. The fourth-order valence-electron chi connectivity index (χ4n) is 1.11. The minimum absolute atomic E-state index is 0.0741. The smallest absolute Gasteiger partial charge is 0.372 e. The molecule has 0 aromatic rings. The minimum Gasteiger partial charge on any atom is -0.372 e. The fourth-order valence-corrected chi connectivity index (χ4v) is 1.11. The van der Waals surface area contributed by atoms with Crippen molar-refractivity contribution in [2.45, 2.75) is 37.9 Å². The van der Waals surface area contributed by atoms with E-state index in [1.54, 1.807) is 14.0 Å². The second-order valence-electron chi connectivity index (χ2n) is 3.82. The highest BCUT2D eigenvalue weighted by molar-refractivity contribution is 5.02. The number of halogens is 3. The maximum absolute atomic E-state index is 11.7. The van der Waals surface area contributed by atoms with Gasteiger partial charge in [-0.2, -0.15) is 18.4 Å². The molecule has 0 aromatic heterocycles. The summed E-state index contributed by atoms with van der Waals surface area (Å²) in [4.78, 5) is 0. The van der Waals surface area contributed by atoms with Crippen LogP contribution in [-0.4, -0.2) is 32.0 Å². The van der Waals surface area contributed by atoms with E-state index in [0.717, 1.165) is 0 Å². The van der Waals surface area contributed by atoms with Crippen LogP contribution in [0.3, 0.4) is 0 Å². The summed E-state index contributed by atoms with van der Waals surface area (Å²) in [6.07, 6.45) is -2.49. The Morgan fingerprint density at radius 1 is 1.31 bits per heavy atom. The molecule has 0 saturated carbocycles. The summed E-state index contributed by atoms with van der Waals surface area (Å²) in [7, 11) is 1.68. The van der Waals surface area contributed by atoms with Gasteiger partial charge in [-0.1, -0.05) is 0 Å². The Balaban J connectivity index is 3.52. The van der Waals surface area contributed by atoms with Crippen LogP contribution < -0.4 is 5.32 Å². The van der Waals surface area contributed by atoms with E-state index in [2.05, 4.69) is 16.1 Å². The van der Waals surface area contributed by atoms with E-state index < -0.39 is 18.3 Å². The van der Waals surface area contributed by atoms with Gasteiger partial charge in [0, 0.05) is 6.61 Å². The summed E-state index contributed by atoms with van der Waals surface area (Å²) in [5.74, 6) is 0. The average Bonchev–Trinajstić information content (AvgIpc) is 2.21. The first-order chi connectivity index (χ1) is 7.33. The van der Waals surface area contributed by atoms with Crippen LogP contribution >= 0.6 is 0 Å². The molecule has 0 heterocycles. The average molecular weight is 238 g/mol. The van der Waals surface area contributed by atoms with Crippen LogP contribution in [0.25, 0.3) is 0 Å². The Hall–Kier alpha value is -0.800. The van der Waals surface area contributed by atoms with Crippen molar-refractivity contribution in [2.75, 3.05) is 20.3 Å². The van der Waals surface area contributed by atoms with Gasteiger partial charge in [-0.3, -0.25) is 0 Å². The molecule has 16 heavy (non-hydrogen) atoms. The highest BCUT2D eigenvalue weighted by Crippen LogP contribution is 2.15. The van der Waals surface area contributed by atoms with Gasteiger partial charge in [0.25, 0.3) is 0 Å². The molecule has 1 N–H and O–H groups in total. The molecule has 0 amide bonds. The van der Waals surface area contributed by atoms with Crippen molar-refractivity contribution in [1.82, 2.24) is 5.32 Å². The topological polar surface area (TPSA) is 45.0 Å². The molecule has 6 heteroatoms. The zero-order valence-corrected chi connectivity index (χ0v) is 9.52. The SMILES string of the molecule is CNC(C)(C#N)CCCCOCC(F)(F)F. The van der Waals surface area contributed by atoms with Crippen LogP contribution in [0.1, 0.15) is 26.2 Å². The van der Waals surface area contributed by atoms with E-state index in [-0.39, 0.29) is 6.61 Å². The maximum Gasteiger partial charge on any atom is 0.411 e. The molecule has 0 radical (unpaired) electrons. The van der Waals surface area contributed by atoms with Gasteiger partial charge in [0.2, 0.25) is 0 Å². The van der Waals surface area contributed by atoms with Crippen molar-refractivity contribution in [3.63, 3.8) is 0 Å². The number of rotatable bonds is 7. The number of nitrogens with zero attached hydrogens (tertiary/aromatic N) is 1. The van der Waals surface area contributed by atoms with E-state index in [0.29, 0.717) is 19.3 Å². The number of unbranched alkanes of at least 4 members (excludes halogenated alkanes) is 1. The Morgan fingerprint density at radius 3 is 2.38 bits per heavy atom. The van der Waals surface area contributed by atoms with Gasteiger partial charge >= 0.3 is 6.18 Å². The highest BCUT2D eigenvalue weighted by atomic mass is 19.4. The van der Waals surface area contributed by atoms with Crippen LogP contribution in [0.15, 0.2) is 0 Å². The maximum atomic E-state index is 11.7. The molecule has 0 spiro atoms. The lowest BCUT2D eigenvalue weighted by Crippen LogP contribution is -2.37. The van der Waals surface area contributed by atoms with Gasteiger partial charge in [-0.25, -0.2) is 0 Å². The summed E-state index contributed by atoms with van der Waals surface area (Å²) in [6, 6.07) is 2.11. The standard InChI is InChI=1S/C10H17F3N2O/c1-9(7-14,15-2)5-3-4-6-16-8-10(11,12)13/h15H,3-6,8H2,1-2H3. The first kappa shape index (κ1) is 15.2. The molecular weight excluding hydrogens is 221 g/mol. The Morgan fingerprint density at radius 2 is 1.94 bits per heavy atom. The van der Waals surface area contributed by atoms with Crippen LogP contribution in [-0.2, 0) is 4.74 Å². The molecule has 0 aliphatic rings. The molecule has 3 nitrogen and oxygen atoms in total. The Kier molecular flexibility index (Phi) is 6.38. The molecule has 0 bridgehead atoms. The van der Waals surface area contributed by atoms with Gasteiger partial charge in [0.1, 0.15) is 12.1 Å². The van der Waals surface area contributed by atoms with Gasteiger partial charge in [-0.05, 0) is 33.2 Å². The Labute approximate surface area is 93.6 Å². The number of hydrogen-bond donors (Lipinski definition) is 1. The number of ether oxygens (including phenoxy) is 1. The zero-order chi connectivity index (χ0) is 12.7. The summed E-state index contributed by atoms with van der Waals surface area (Å²) in [6.45, 7) is 0.628. The lowest BCUT2D eigenvalue weighted by atomic mass is 9.97. The van der Waals surface area contributed by atoms with Crippen molar-refractivity contribution < 1.29 is 17.9 Å². The summed E-state index contributed by atoms with van der Waals surface area (Å²) < 4.78 is 39.5. The number of nitriles is 1. The third kappa shape index (κ3) is 7.49. The van der Waals surface area contributed by atoms with Crippen molar-refractivity contribution >= 4 is 0 Å². The minimum atomic E-state index is -4.26. The van der Waals surface area contributed by atoms with E-state index in [9.17, 15) is 13.2 Å². The summed E-state index contributed by atoms with van der Waals surface area (Å²) in [5.41, 5.74) is -0.607. The normalized spacial score (nSPS) is 15.5. The van der Waals surface area contributed by atoms with Crippen LogP contribution in [0.4, 0.5) is 13.2 Å². The van der Waals surface area contributed by atoms with Gasteiger partial charge in [0.05, 0.1) is 6.07 Å². The van der Waals surface area contributed by atoms with Crippen molar-refractivity contribution in [3.05, 3.63) is 0 Å². The van der Waals surface area contributed by atoms with Crippen LogP contribution in [0.2, 0.25) is 0 Å². The third-order valence-corrected chi connectivity index (χ3v) is 2.28. The Bertz CT molecular complexity index is 237. The zero-order valence-electron chi connectivity index (χ0n) is 9.52. The summed E-state index contributed by atoms with van der Waals surface area (Å²) >= 11 is 0. The molecule has 0 aliphatic carbocycles. The lowest BCUT2D eigenvalue weighted by molar-refractivity contribution is -0.174. The predicted octanol–water partition coefficient (Wildman–Crippen LogP) is 2.24. The van der Waals surface area contributed by atoms with Crippen molar-refractivity contribution in [3.8, 4) is 6.07 Å². The van der Waals surface area contributed by atoms with Gasteiger partial charge in [0.15, 0.2) is 0 Å². The molecule has 1 unspecified atom stereocenters. The van der Waals surface area contributed by atoms with Crippen molar-refractivity contribution in [2.24, 2.45) is 0 Å². The van der Waals surface area contributed by atoms with Crippen LogP contribution in [0.5, 0.6) is 0 Å². The monoisotopic (exact) mass is 238 g/mol. The largest absolute Gasteiger partial charge is 0.411 e. The third-order valence-electron chi connectivity index (χ3n) is 2.28. The number of hydrogen-bond acceptors (Lipinski definition) is 3. The predicted molar refractivity (Wildman–Crippen MR) is 53.8 cm³/mol. The van der Waals surface area contributed by atoms with E-state index in [1.807, 2.05) is 0 Å². The molecule has 0 saturated heterocycles. The van der Waals surface area contributed by atoms with Crippen molar-refractivity contribution in [1.29, 1.82) is 5.26 Å². The summed E-state index contributed by atoms with van der Waals surface area (Å²) in [5, 5.41) is 11.7. The van der Waals surface area contributed by atoms with Crippen LogP contribution in [0, 0.1) is 11.3 Å². The first-order valence-electron chi connectivity index (χ1n) is 5.08. The van der Waals surface area contributed by atoms with Gasteiger partial charge in [-0.15, -0.1) is 0 Å². The number of alkyl halides is 3. The van der Waals surface area contributed by atoms with Gasteiger partial charge < -0.3 is 10.1 Å².